The van der Waals surface area contributed by atoms with Gasteiger partial charge in [-0.25, -0.2) is 19.9 Å². The van der Waals surface area contributed by atoms with E-state index in [4.69, 9.17) is 39.9 Å². The number of halogens is 3. The van der Waals surface area contributed by atoms with Crippen molar-refractivity contribution in [3.63, 3.8) is 0 Å². The number of hydrogen-bond donors (Lipinski definition) is 2. The van der Waals surface area contributed by atoms with Crippen molar-refractivity contribution in [2.75, 3.05) is 12.4 Å². The Morgan fingerprint density at radius 3 is 1.52 bits per heavy atom. The van der Waals surface area contributed by atoms with E-state index in [9.17, 15) is 0 Å². The van der Waals surface area contributed by atoms with E-state index in [1.807, 2.05) is 0 Å². The van der Waals surface area contributed by atoms with E-state index in [2.05, 4.69) is 25.3 Å². The first-order valence-electron chi connectivity index (χ1n) is 5.81. The molecule has 6 nitrogen and oxygen atoms in total. The van der Waals surface area contributed by atoms with Gasteiger partial charge in [0.1, 0.15) is 33.9 Å². The zero-order valence-electron chi connectivity index (χ0n) is 11.8. The molecule has 0 fully saturated rings. The average Bonchev–Trinajstić information content (AvgIpc) is 2.38. The molecule has 0 amide bonds. The zero-order chi connectivity index (χ0) is 16.3. The largest absolute Gasteiger partial charge is 0.394 e. The topological polar surface area (TPSA) is 83.8 Å². The quantitative estimate of drug-likeness (QED) is 0.766. The molecular weight excluding hydrogens is 337 g/mol. The van der Waals surface area contributed by atoms with Gasteiger partial charge in [0.25, 0.3) is 0 Å². The molecule has 0 aliphatic heterocycles. The van der Waals surface area contributed by atoms with Crippen molar-refractivity contribution in [1.29, 1.82) is 0 Å². The van der Waals surface area contributed by atoms with Gasteiger partial charge in [-0.3, -0.25) is 0 Å². The van der Waals surface area contributed by atoms with Crippen molar-refractivity contribution in [1.82, 2.24) is 19.9 Å². The Morgan fingerprint density at radius 2 is 1.29 bits per heavy atom. The zero-order valence-corrected chi connectivity index (χ0v) is 14.0. The normalized spacial score (nSPS) is 9.14. The highest BCUT2D eigenvalue weighted by Crippen LogP contribution is 2.07. The van der Waals surface area contributed by atoms with Gasteiger partial charge in [-0.15, -0.1) is 0 Å². The summed E-state index contributed by atoms with van der Waals surface area (Å²) in [5.41, 5.74) is 0. The van der Waals surface area contributed by atoms with Gasteiger partial charge < -0.3 is 10.4 Å². The van der Waals surface area contributed by atoms with Crippen molar-refractivity contribution in [2.45, 2.75) is 20.0 Å². The fraction of sp³-hybridized carbons (Fsp3) is 0.333. The number of nitrogens with zero attached hydrogens (tertiary/aromatic N) is 4. The number of anilines is 1. The van der Waals surface area contributed by atoms with Crippen LogP contribution in [0.4, 0.5) is 5.82 Å². The molecule has 2 heterocycles. The molecule has 0 radical (unpaired) electrons. The lowest BCUT2D eigenvalue weighted by molar-refractivity contribution is 0.216. The average molecular weight is 353 g/mol. The van der Waals surface area contributed by atoms with Gasteiger partial charge >= 0.3 is 0 Å². The van der Waals surface area contributed by atoms with Crippen LogP contribution >= 0.6 is 34.8 Å². The van der Waals surface area contributed by atoms with Crippen LogP contribution in [0.5, 0.6) is 0 Å². The summed E-state index contributed by atoms with van der Waals surface area (Å²) in [5.74, 6) is 0.731. The number of hydrogen-bond acceptors (Lipinski definition) is 6. The predicted octanol–water partition coefficient (Wildman–Crippen LogP) is 3.34. The highest BCUT2D eigenvalue weighted by molar-refractivity contribution is 6.33. The Morgan fingerprint density at radius 1 is 0.905 bits per heavy atom. The molecule has 0 aromatic carbocycles. The first-order valence-corrected chi connectivity index (χ1v) is 6.95. The maximum absolute atomic E-state index is 8.06. The van der Waals surface area contributed by atoms with E-state index in [1.54, 1.807) is 27.0 Å². The van der Waals surface area contributed by atoms with E-state index in [0.717, 1.165) is 5.82 Å². The number of aliphatic hydroxyl groups excluding tert-OH is 1. The Labute approximate surface area is 138 Å². The fourth-order valence-electron chi connectivity index (χ4n) is 0.782. The number of aliphatic hydroxyl groups is 1. The smallest absolute Gasteiger partial charge is 0.134 e. The highest BCUT2D eigenvalue weighted by atomic mass is 35.5. The summed E-state index contributed by atoms with van der Waals surface area (Å²) in [5, 5.41) is 12.1. The van der Waals surface area contributed by atoms with Crippen molar-refractivity contribution >= 4 is 40.6 Å². The standard InChI is InChI=1S/C5H6ClN3.C4H2Cl2N2.C3H8O/c1-7-5-2-4(6)8-3-9-5;5-3-1-4(6)8-2-7-3;1-3(2)4/h2-3H,1H3,(H,7,8,9);1-2H;3-4H,1-2H3. The molecule has 2 aromatic heterocycles. The maximum atomic E-state index is 8.06. The number of nitrogens with one attached hydrogen (secondary N) is 1. The van der Waals surface area contributed by atoms with Crippen molar-refractivity contribution in [2.24, 2.45) is 0 Å². The van der Waals surface area contributed by atoms with Gasteiger partial charge in [0.15, 0.2) is 0 Å². The Kier molecular flexibility index (Phi) is 10.8. The van der Waals surface area contributed by atoms with Crippen molar-refractivity contribution < 1.29 is 5.11 Å². The summed E-state index contributed by atoms with van der Waals surface area (Å²) in [7, 11) is 1.78. The maximum Gasteiger partial charge on any atom is 0.134 e. The molecule has 0 saturated heterocycles. The molecule has 2 aromatic rings. The first kappa shape index (κ1) is 19.8. The van der Waals surface area contributed by atoms with Crippen LogP contribution in [-0.2, 0) is 0 Å². The van der Waals surface area contributed by atoms with E-state index >= 15 is 0 Å². The second-order valence-corrected chi connectivity index (χ2v) is 4.89. The molecule has 2 N–H and O–H groups in total. The van der Waals surface area contributed by atoms with Crippen LogP contribution in [0.2, 0.25) is 15.5 Å². The van der Waals surface area contributed by atoms with Crippen LogP contribution in [0, 0.1) is 0 Å². The van der Waals surface area contributed by atoms with Gasteiger partial charge in [0.2, 0.25) is 0 Å². The van der Waals surface area contributed by atoms with Crippen LogP contribution in [0.3, 0.4) is 0 Å². The molecule has 0 saturated carbocycles. The third kappa shape index (κ3) is 12.3. The Balaban J connectivity index is 0.000000308. The van der Waals surface area contributed by atoms with Crippen LogP contribution in [0.1, 0.15) is 13.8 Å². The monoisotopic (exact) mass is 351 g/mol. The SMILES string of the molecule is CC(C)O.CNc1cc(Cl)ncn1.Clc1cc(Cl)ncn1. The lowest BCUT2D eigenvalue weighted by atomic mass is 10.5. The van der Waals surface area contributed by atoms with Crippen LogP contribution in [-0.4, -0.2) is 38.2 Å². The van der Waals surface area contributed by atoms with E-state index in [0.29, 0.717) is 15.5 Å². The highest BCUT2D eigenvalue weighted by Gasteiger charge is 1.89. The number of aromatic nitrogens is 4. The summed E-state index contributed by atoms with van der Waals surface area (Å²) in [6, 6.07) is 3.13. The fourth-order valence-corrected chi connectivity index (χ4v) is 1.28. The minimum absolute atomic E-state index is 0.167. The van der Waals surface area contributed by atoms with Crippen molar-refractivity contribution in [3.05, 3.63) is 40.2 Å². The van der Waals surface area contributed by atoms with E-state index in [1.165, 1.54) is 18.7 Å². The molecule has 0 aliphatic carbocycles. The lowest BCUT2D eigenvalue weighted by Crippen LogP contribution is -1.91. The minimum Gasteiger partial charge on any atom is -0.394 e. The van der Waals surface area contributed by atoms with Crippen LogP contribution in [0.25, 0.3) is 0 Å². The van der Waals surface area contributed by atoms with Gasteiger partial charge in [0, 0.05) is 25.3 Å². The molecular formula is C12H16Cl3N5O. The first-order chi connectivity index (χ1) is 9.85. The third-order valence-corrected chi connectivity index (χ3v) is 2.11. The molecule has 9 heteroatoms. The van der Waals surface area contributed by atoms with E-state index in [-0.39, 0.29) is 6.10 Å². The van der Waals surface area contributed by atoms with Gasteiger partial charge in [0.05, 0.1) is 0 Å². The lowest BCUT2D eigenvalue weighted by Gasteiger charge is -1.95. The summed E-state index contributed by atoms with van der Waals surface area (Å²) in [6.07, 6.45) is 2.55. The molecule has 116 valence electrons. The summed E-state index contributed by atoms with van der Waals surface area (Å²) < 4.78 is 0. The molecule has 0 bridgehead atoms. The Hall–Kier alpha value is -1.21. The number of rotatable bonds is 1. The van der Waals surface area contributed by atoms with Gasteiger partial charge in [-0.05, 0) is 13.8 Å². The molecule has 0 unspecified atom stereocenters. The van der Waals surface area contributed by atoms with Gasteiger partial charge in [-0.2, -0.15) is 0 Å². The van der Waals surface area contributed by atoms with E-state index < -0.39 is 0 Å². The summed E-state index contributed by atoms with van der Waals surface area (Å²) in [6.45, 7) is 3.44. The molecule has 0 atom stereocenters. The van der Waals surface area contributed by atoms with Crippen LogP contribution < -0.4 is 5.32 Å². The Bertz CT molecular complexity index is 508. The molecule has 0 spiro atoms. The van der Waals surface area contributed by atoms with Crippen LogP contribution in [0.15, 0.2) is 24.8 Å². The molecule has 2 rings (SSSR count). The second-order valence-electron chi connectivity index (χ2n) is 3.73. The summed E-state index contributed by atoms with van der Waals surface area (Å²) in [4.78, 5) is 14.8. The molecule has 0 aliphatic rings. The minimum atomic E-state index is -0.167. The summed E-state index contributed by atoms with van der Waals surface area (Å²) >= 11 is 16.4. The van der Waals surface area contributed by atoms with Crippen molar-refractivity contribution in [3.8, 4) is 0 Å². The second kappa shape index (κ2) is 11.4. The molecule has 21 heavy (non-hydrogen) atoms. The predicted molar refractivity (Wildman–Crippen MR) is 86.0 cm³/mol. The van der Waals surface area contributed by atoms with Gasteiger partial charge in [-0.1, -0.05) is 34.8 Å². The third-order valence-electron chi connectivity index (χ3n) is 1.49.